The van der Waals surface area contributed by atoms with E-state index in [0.717, 1.165) is 32.0 Å². The summed E-state index contributed by atoms with van der Waals surface area (Å²) in [5.41, 5.74) is 6.71. The monoisotopic (exact) mass is 389 g/mol. The number of benzene rings is 1. The predicted molar refractivity (Wildman–Crippen MR) is 108 cm³/mol. The highest BCUT2D eigenvalue weighted by Crippen LogP contribution is 2.44. The SMILES string of the molecule is COC(=N)/C(=C1/Nc2cc(F)cc(C(N)=O)c2N1)C1(C)CCN(C(C)C)CC1. The predicted octanol–water partition coefficient (Wildman–Crippen LogP) is 3.11. The average molecular weight is 389 g/mol. The summed E-state index contributed by atoms with van der Waals surface area (Å²) in [6.45, 7) is 8.29. The summed E-state index contributed by atoms with van der Waals surface area (Å²) >= 11 is 0. The zero-order chi connectivity index (χ0) is 20.6. The first kappa shape index (κ1) is 20.1. The zero-order valence-corrected chi connectivity index (χ0v) is 16.8. The van der Waals surface area contributed by atoms with Crippen molar-refractivity contribution in [2.45, 2.75) is 39.7 Å². The number of methoxy groups -OCH3 is 1. The molecule has 8 heteroatoms. The summed E-state index contributed by atoms with van der Waals surface area (Å²) in [6, 6.07) is 2.89. The minimum atomic E-state index is -0.717. The van der Waals surface area contributed by atoms with Crippen molar-refractivity contribution in [2.75, 3.05) is 30.8 Å². The number of amides is 1. The number of nitrogens with two attached hydrogens (primary N) is 1. The number of hydrogen-bond acceptors (Lipinski definition) is 6. The molecular weight excluding hydrogens is 361 g/mol. The van der Waals surface area contributed by atoms with Crippen molar-refractivity contribution in [3.05, 3.63) is 34.9 Å². The van der Waals surface area contributed by atoms with Gasteiger partial charge >= 0.3 is 0 Å². The second-order valence-corrected chi connectivity index (χ2v) is 7.96. The molecule has 0 saturated carbocycles. The zero-order valence-electron chi connectivity index (χ0n) is 16.8. The smallest absolute Gasteiger partial charge is 0.250 e. The molecule has 5 N–H and O–H groups in total. The van der Waals surface area contributed by atoms with Crippen LogP contribution in [-0.2, 0) is 4.74 Å². The van der Waals surface area contributed by atoms with Gasteiger partial charge in [0.15, 0.2) is 0 Å². The van der Waals surface area contributed by atoms with E-state index in [1.807, 2.05) is 0 Å². The number of nitrogens with one attached hydrogen (secondary N) is 3. The summed E-state index contributed by atoms with van der Waals surface area (Å²) in [4.78, 5) is 14.2. The number of likely N-dealkylation sites (tertiary alicyclic amines) is 1. The quantitative estimate of drug-likeness (QED) is 0.468. The number of halogens is 1. The van der Waals surface area contributed by atoms with Gasteiger partial charge in [-0.15, -0.1) is 0 Å². The van der Waals surface area contributed by atoms with Crippen LogP contribution in [0.25, 0.3) is 0 Å². The Labute approximate surface area is 164 Å². The van der Waals surface area contributed by atoms with Crippen LogP contribution in [-0.4, -0.2) is 42.9 Å². The molecule has 1 saturated heterocycles. The number of anilines is 2. The van der Waals surface area contributed by atoms with Gasteiger partial charge in [0, 0.05) is 11.5 Å². The summed E-state index contributed by atoms with van der Waals surface area (Å²) in [6.07, 6.45) is 1.71. The molecule has 1 amide bonds. The van der Waals surface area contributed by atoms with Crippen LogP contribution in [0.1, 0.15) is 44.0 Å². The van der Waals surface area contributed by atoms with E-state index in [1.54, 1.807) is 0 Å². The van der Waals surface area contributed by atoms with Crippen molar-refractivity contribution in [3.8, 4) is 0 Å². The first-order chi connectivity index (χ1) is 13.2. The van der Waals surface area contributed by atoms with E-state index >= 15 is 0 Å². The fraction of sp³-hybridized carbons (Fsp3) is 0.500. The molecule has 2 aliphatic rings. The Morgan fingerprint density at radius 1 is 1.32 bits per heavy atom. The first-order valence-corrected chi connectivity index (χ1v) is 9.45. The Kier molecular flexibility index (Phi) is 5.34. The van der Waals surface area contributed by atoms with E-state index in [9.17, 15) is 9.18 Å². The molecule has 0 spiro atoms. The fourth-order valence-electron chi connectivity index (χ4n) is 4.03. The lowest BCUT2D eigenvalue weighted by Crippen LogP contribution is -2.44. The standard InChI is InChI=1S/C20H28FN5O2/c1-11(2)26-7-5-20(3,6-8-26)15(18(23)28-4)19-24-14-10-12(21)9-13(17(22)27)16(14)25-19/h9-11,23-25H,5-8H2,1-4H3,(H2,22,27)/b19-15+,23-18?. The molecule has 0 aliphatic carbocycles. The van der Waals surface area contributed by atoms with Gasteiger partial charge in [0.1, 0.15) is 11.6 Å². The molecule has 3 rings (SSSR count). The summed E-state index contributed by atoms with van der Waals surface area (Å²) in [5, 5.41) is 14.7. The highest BCUT2D eigenvalue weighted by atomic mass is 19.1. The maximum atomic E-state index is 13.9. The number of nitrogens with zero attached hydrogens (tertiary/aromatic N) is 1. The highest BCUT2D eigenvalue weighted by molar-refractivity contribution is 6.05. The van der Waals surface area contributed by atoms with Crippen molar-refractivity contribution >= 4 is 23.2 Å². The molecule has 0 atom stereocenters. The number of ether oxygens (including phenoxy) is 1. The number of primary amides is 1. The molecule has 1 aromatic carbocycles. The number of rotatable bonds is 4. The number of fused-ring (bicyclic) bond motifs is 1. The van der Waals surface area contributed by atoms with E-state index in [-0.39, 0.29) is 16.9 Å². The van der Waals surface area contributed by atoms with Crippen molar-refractivity contribution in [2.24, 2.45) is 11.1 Å². The molecule has 2 heterocycles. The third-order valence-corrected chi connectivity index (χ3v) is 5.79. The molecule has 0 unspecified atom stereocenters. The van der Waals surface area contributed by atoms with Gasteiger partial charge in [-0.25, -0.2) is 4.39 Å². The molecule has 0 bridgehead atoms. The number of piperidine rings is 1. The normalized spacial score (nSPS) is 20.2. The van der Waals surface area contributed by atoms with E-state index in [1.165, 1.54) is 13.2 Å². The first-order valence-electron chi connectivity index (χ1n) is 9.45. The Morgan fingerprint density at radius 2 is 1.96 bits per heavy atom. The van der Waals surface area contributed by atoms with Gasteiger partial charge in [0.05, 0.1) is 29.6 Å². The van der Waals surface area contributed by atoms with Gasteiger partial charge in [0.25, 0.3) is 5.91 Å². The molecule has 7 nitrogen and oxygen atoms in total. The maximum Gasteiger partial charge on any atom is 0.250 e. The largest absolute Gasteiger partial charge is 0.481 e. The molecule has 1 fully saturated rings. The van der Waals surface area contributed by atoms with Gasteiger partial charge in [0.2, 0.25) is 5.90 Å². The molecule has 28 heavy (non-hydrogen) atoms. The number of hydrogen-bond donors (Lipinski definition) is 4. The molecule has 152 valence electrons. The van der Waals surface area contributed by atoms with Crippen LogP contribution in [0, 0.1) is 16.6 Å². The number of carbonyl (C=O) groups excluding carboxylic acids is 1. The third-order valence-electron chi connectivity index (χ3n) is 5.79. The Balaban J connectivity index is 2.01. The molecule has 0 aromatic heterocycles. The van der Waals surface area contributed by atoms with Gasteiger partial charge in [-0.1, -0.05) is 6.92 Å². The molecule has 0 radical (unpaired) electrons. The molecular formula is C20H28FN5O2. The fourth-order valence-corrected chi connectivity index (χ4v) is 4.03. The topological polar surface area (TPSA) is 103 Å². The lowest BCUT2D eigenvalue weighted by molar-refractivity contribution is 0.100. The summed E-state index contributed by atoms with van der Waals surface area (Å²) in [5.74, 6) is -0.686. The average Bonchev–Trinajstić information content (AvgIpc) is 3.03. The van der Waals surface area contributed by atoms with E-state index in [2.05, 4.69) is 36.3 Å². The van der Waals surface area contributed by atoms with Gasteiger partial charge in [-0.3, -0.25) is 10.2 Å². The van der Waals surface area contributed by atoms with Crippen LogP contribution in [0.3, 0.4) is 0 Å². The van der Waals surface area contributed by atoms with Crippen LogP contribution < -0.4 is 16.4 Å². The highest BCUT2D eigenvalue weighted by Gasteiger charge is 2.40. The van der Waals surface area contributed by atoms with Crippen molar-refractivity contribution in [1.29, 1.82) is 5.41 Å². The second kappa shape index (κ2) is 7.43. The summed E-state index contributed by atoms with van der Waals surface area (Å²) < 4.78 is 19.2. The Hall–Kier alpha value is -2.61. The Morgan fingerprint density at radius 3 is 2.50 bits per heavy atom. The van der Waals surface area contributed by atoms with E-state index < -0.39 is 11.7 Å². The van der Waals surface area contributed by atoms with Crippen LogP contribution in [0.15, 0.2) is 23.5 Å². The third kappa shape index (κ3) is 3.56. The van der Waals surface area contributed by atoms with Crippen molar-refractivity contribution in [1.82, 2.24) is 4.90 Å². The van der Waals surface area contributed by atoms with Crippen molar-refractivity contribution in [3.63, 3.8) is 0 Å². The van der Waals surface area contributed by atoms with Crippen LogP contribution >= 0.6 is 0 Å². The molecule has 2 aliphatic heterocycles. The molecule has 1 aromatic rings. The lowest BCUT2D eigenvalue weighted by atomic mass is 9.73. The lowest BCUT2D eigenvalue weighted by Gasteiger charge is -2.42. The van der Waals surface area contributed by atoms with Crippen LogP contribution in [0.4, 0.5) is 15.8 Å². The summed E-state index contributed by atoms with van der Waals surface area (Å²) in [7, 11) is 1.46. The minimum Gasteiger partial charge on any atom is -0.481 e. The van der Waals surface area contributed by atoms with Crippen molar-refractivity contribution < 1.29 is 13.9 Å². The number of carbonyl (C=O) groups is 1. The van der Waals surface area contributed by atoms with Gasteiger partial charge < -0.3 is 26.0 Å². The second-order valence-electron chi connectivity index (χ2n) is 7.96. The van der Waals surface area contributed by atoms with E-state index in [0.29, 0.717) is 28.8 Å². The van der Waals surface area contributed by atoms with Crippen LogP contribution in [0.5, 0.6) is 0 Å². The minimum absolute atomic E-state index is 0.0457. The maximum absolute atomic E-state index is 13.9. The van der Waals surface area contributed by atoms with Gasteiger partial charge in [-0.05, 0) is 51.9 Å². The van der Waals surface area contributed by atoms with E-state index in [4.69, 9.17) is 15.9 Å². The van der Waals surface area contributed by atoms with Gasteiger partial charge in [-0.2, -0.15) is 0 Å². The Bertz CT molecular complexity index is 841. The van der Waals surface area contributed by atoms with Crippen LogP contribution in [0.2, 0.25) is 0 Å².